The van der Waals surface area contributed by atoms with Crippen molar-refractivity contribution in [2.45, 2.75) is 32.2 Å². The van der Waals surface area contributed by atoms with Gasteiger partial charge in [-0.2, -0.15) is 0 Å². The number of carboxylic acids is 1. The van der Waals surface area contributed by atoms with Gasteiger partial charge in [0.2, 0.25) is 5.91 Å². The van der Waals surface area contributed by atoms with Crippen LogP contribution in [-0.4, -0.2) is 53.6 Å². The predicted octanol–water partition coefficient (Wildman–Crippen LogP) is -0.229. The second-order valence-corrected chi connectivity index (χ2v) is 4.21. The number of hydrogen-bond acceptors (Lipinski definition) is 3. The van der Waals surface area contributed by atoms with Crippen LogP contribution in [0.3, 0.4) is 0 Å². The van der Waals surface area contributed by atoms with E-state index >= 15 is 0 Å². The lowest BCUT2D eigenvalue weighted by atomic mass is 10.2. The first-order valence-electron chi connectivity index (χ1n) is 6.09. The Morgan fingerprint density at radius 3 is 2.39 bits per heavy atom. The van der Waals surface area contributed by atoms with Crippen molar-refractivity contribution in [3.8, 4) is 0 Å². The summed E-state index contributed by atoms with van der Waals surface area (Å²) in [5.41, 5.74) is 0. The minimum atomic E-state index is -1.08. The molecular weight excluding hydrogens is 238 g/mol. The molecule has 1 rings (SSSR count). The Hall–Kier alpha value is -1.79. The maximum Gasteiger partial charge on any atom is 0.326 e. The molecule has 1 heterocycles. The summed E-state index contributed by atoms with van der Waals surface area (Å²) in [6, 6.07) is -1.55. The van der Waals surface area contributed by atoms with Gasteiger partial charge in [-0.3, -0.25) is 4.79 Å². The van der Waals surface area contributed by atoms with Crippen LogP contribution in [-0.2, 0) is 9.59 Å². The van der Waals surface area contributed by atoms with Crippen LogP contribution in [0, 0.1) is 0 Å². The minimum Gasteiger partial charge on any atom is -0.480 e. The van der Waals surface area contributed by atoms with Gasteiger partial charge in [0.05, 0.1) is 6.54 Å². The topological polar surface area (TPSA) is 98.7 Å². The third kappa shape index (κ3) is 4.23. The molecule has 1 aliphatic heterocycles. The number of urea groups is 1. The highest BCUT2D eigenvalue weighted by molar-refractivity contribution is 5.86. The lowest BCUT2D eigenvalue weighted by Crippen LogP contribution is -2.48. The summed E-state index contributed by atoms with van der Waals surface area (Å²) in [6.45, 7) is 3.03. The van der Waals surface area contributed by atoms with E-state index in [4.69, 9.17) is 5.11 Å². The summed E-state index contributed by atoms with van der Waals surface area (Å²) in [5.74, 6) is -1.22. The van der Waals surface area contributed by atoms with E-state index in [1.165, 1.54) is 0 Å². The number of hydrogen-bond donors (Lipinski definition) is 3. The summed E-state index contributed by atoms with van der Waals surface area (Å²) in [5, 5.41) is 13.4. The first-order chi connectivity index (χ1) is 8.54. The largest absolute Gasteiger partial charge is 0.480 e. The molecule has 1 fully saturated rings. The third-order valence-electron chi connectivity index (χ3n) is 2.87. The van der Waals surface area contributed by atoms with Crippen LogP contribution in [0.25, 0.3) is 0 Å². The number of rotatable bonds is 5. The highest BCUT2D eigenvalue weighted by Gasteiger charge is 2.20. The SMILES string of the molecule is CCC(NC(=O)NCC(=O)N1CCCC1)C(=O)O. The minimum absolute atomic E-state index is 0.0954. The first kappa shape index (κ1) is 14.3. The van der Waals surface area contributed by atoms with E-state index in [2.05, 4.69) is 10.6 Å². The Kier molecular flexibility index (Phi) is 5.41. The second-order valence-electron chi connectivity index (χ2n) is 4.21. The molecule has 0 aromatic heterocycles. The maximum atomic E-state index is 11.6. The Labute approximate surface area is 106 Å². The van der Waals surface area contributed by atoms with Crippen molar-refractivity contribution in [1.29, 1.82) is 0 Å². The molecule has 18 heavy (non-hydrogen) atoms. The number of amides is 3. The molecule has 0 radical (unpaired) electrons. The van der Waals surface area contributed by atoms with Gasteiger partial charge < -0.3 is 20.6 Å². The fourth-order valence-electron chi connectivity index (χ4n) is 1.78. The Bertz CT molecular complexity index is 326. The molecule has 102 valence electrons. The number of likely N-dealkylation sites (tertiary alicyclic amines) is 1. The second kappa shape index (κ2) is 6.83. The van der Waals surface area contributed by atoms with E-state index in [0.717, 1.165) is 25.9 Å². The molecule has 7 heteroatoms. The fourth-order valence-corrected chi connectivity index (χ4v) is 1.78. The molecule has 1 aliphatic rings. The average Bonchev–Trinajstić information content (AvgIpc) is 2.86. The van der Waals surface area contributed by atoms with Crippen molar-refractivity contribution in [2.24, 2.45) is 0 Å². The van der Waals surface area contributed by atoms with E-state index in [-0.39, 0.29) is 12.5 Å². The van der Waals surface area contributed by atoms with Crippen molar-refractivity contribution in [3.05, 3.63) is 0 Å². The number of aliphatic carboxylic acids is 1. The maximum absolute atomic E-state index is 11.6. The van der Waals surface area contributed by atoms with Gasteiger partial charge in [-0.1, -0.05) is 6.92 Å². The molecule has 0 aromatic rings. The Morgan fingerprint density at radius 1 is 1.28 bits per heavy atom. The van der Waals surface area contributed by atoms with Gasteiger partial charge in [-0.05, 0) is 19.3 Å². The van der Waals surface area contributed by atoms with E-state index in [1.54, 1.807) is 11.8 Å². The van der Waals surface area contributed by atoms with Crippen LogP contribution in [0.4, 0.5) is 4.79 Å². The zero-order valence-electron chi connectivity index (χ0n) is 10.4. The van der Waals surface area contributed by atoms with Crippen LogP contribution in [0.5, 0.6) is 0 Å². The Morgan fingerprint density at radius 2 is 1.89 bits per heavy atom. The first-order valence-corrected chi connectivity index (χ1v) is 6.09. The standard InChI is InChI=1S/C11H19N3O4/c1-2-8(10(16)17)13-11(18)12-7-9(15)14-5-3-4-6-14/h8H,2-7H2,1H3,(H,16,17)(H2,12,13,18). The summed E-state index contributed by atoms with van der Waals surface area (Å²) in [6.07, 6.45) is 2.28. The van der Waals surface area contributed by atoms with Crippen LogP contribution < -0.4 is 10.6 Å². The normalized spacial score (nSPS) is 16.2. The van der Waals surface area contributed by atoms with Gasteiger partial charge in [0.15, 0.2) is 0 Å². The van der Waals surface area contributed by atoms with Crippen molar-refractivity contribution in [2.75, 3.05) is 19.6 Å². The molecule has 7 nitrogen and oxygen atoms in total. The van der Waals surface area contributed by atoms with Crippen molar-refractivity contribution >= 4 is 17.9 Å². The third-order valence-corrected chi connectivity index (χ3v) is 2.87. The molecule has 0 spiro atoms. The van der Waals surface area contributed by atoms with Gasteiger partial charge in [-0.15, -0.1) is 0 Å². The van der Waals surface area contributed by atoms with Crippen LogP contribution >= 0.6 is 0 Å². The van der Waals surface area contributed by atoms with Gasteiger partial charge in [0.1, 0.15) is 6.04 Å². The monoisotopic (exact) mass is 257 g/mol. The molecule has 0 aromatic carbocycles. The van der Waals surface area contributed by atoms with Crippen molar-refractivity contribution in [1.82, 2.24) is 15.5 Å². The molecule has 0 saturated carbocycles. The molecule has 0 bridgehead atoms. The van der Waals surface area contributed by atoms with Gasteiger partial charge in [-0.25, -0.2) is 9.59 Å². The average molecular weight is 257 g/mol. The summed E-state index contributed by atoms with van der Waals surface area (Å²) in [4.78, 5) is 35.4. The molecule has 1 atom stereocenters. The zero-order valence-corrected chi connectivity index (χ0v) is 10.4. The van der Waals surface area contributed by atoms with E-state index < -0.39 is 18.0 Å². The van der Waals surface area contributed by atoms with Crippen LogP contribution in [0.2, 0.25) is 0 Å². The Balaban J connectivity index is 2.27. The lowest BCUT2D eigenvalue weighted by molar-refractivity contribution is -0.139. The summed E-state index contributed by atoms with van der Waals surface area (Å²) >= 11 is 0. The quantitative estimate of drug-likeness (QED) is 0.633. The number of nitrogens with one attached hydrogen (secondary N) is 2. The molecule has 0 aliphatic carbocycles. The van der Waals surface area contributed by atoms with E-state index in [9.17, 15) is 14.4 Å². The molecule has 3 N–H and O–H groups in total. The number of carbonyl (C=O) groups excluding carboxylic acids is 2. The predicted molar refractivity (Wildman–Crippen MR) is 64.1 cm³/mol. The zero-order chi connectivity index (χ0) is 13.5. The van der Waals surface area contributed by atoms with Crippen LogP contribution in [0.1, 0.15) is 26.2 Å². The van der Waals surface area contributed by atoms with Crippen LogP contribution in [0.15, 0.2) is 0 Å². The van der Waals surface area contributed by atoms with E-state index in [0.29, 0.717) is 6.42 Å². The van der Waals surface area contributed by atoms with Crippen molar-refractivity contribution < 1.29 is 19.5 Å². The number of nitrogens with zero attached hydrogens (tertiary/aromatic N) is 1. The number of carbonyl (C=O) groups is 3. The molecule has 1 unspecified atom stereocenters. The smallest absolute Gasteiger partial charge is 0.326 e. The van der Waals surface area contributed by atoms with E-state index in [1.807, 2.05) is 0 Å². The summed E-state index contributed by atoms with van der Waals surface area (Å²) in [7, 11) is 0. The van der Waals surface area contributed by atoms with Crippen molar-refractivity contribution in [3.63, 3.8) is 0 Å². The molecule has 3 amide bonds. The molecule has 1 saturated heterocycles. The van der Waals surface area contributed by atoms with Gasteiger partial charge >= 0.3 is 12.0 Å². The highest BCUT2D eigenvalue weighted by atomic mass is 16.4. The fraction of sp³-hybridized carbons (Fsp3) is 0.727. The lowest BCUT2D eigenvalue weighted by Gasteiger charge is -2.17. The number of carboxylic acid groups (broad SMARTS) is 1. The van der Waals surface area contributed by atoms with Gasteiger partial charge in [0, 0.05) is 13.1 Å². The molecular formula is C11H19N3O4. The highest BCUT2D eigenvalue weighted by Crippen LogP contribution is 2.06. The summed E-state index contributed by atoms with van der Waals surface area (Å²) < 4.78 is 0. The van der Waals surface area contributed by atoms with Gasteiger partial charge in [0.25, 0.3) is 0 Å².